The zero-order valence-electron chi connectivity index (χ0n) is 14.3. The van der Waals surface area contributed by atoms with Gasteiger partial charge >= 0.3 is 14.3 Å². The number of rotatable bonds is 9. The first-order valence-corrected chi connectivity index (χ1v) is 11.8. The van der Waals surface area contributed by atoms with Gasteiger partial charge < -0.3 is 28.1 Å². The molecule has 0 aromatic carbocycles. The zero-order chi connectivity index (χ0) is 18.5. The molecule has 0 bridgehead atoms. The van der Waals surface area contributed by atoms with Gasteiger partial charge in [-0.05, 0) is 37.4 Å². The summed E-state index contributed by atoms with van der Waals surface area (Å²) in [6.07, 6.45) is 1.16. The summed E-state index contributed by atoms with van der Waals surface area (Å²) < 4.78 is 32.5. The summed E-state index contributed by atoms with van der Waals surface area (Å²) in [7, 11) is 4.86. The van der Waals surface area contributed by atoms with E-state index in [1.54, 1.807) is 6.92 Å². The normalized spacial score (nSPS) is 34.1. The second-order valence-electron chi connectivity index (χ2n) is 5.71. The van der Waals surface area contributed by atoms with Crippen molar-refractivity contribution >= 4 is 34.0 Å². The molecule has 2 radical (unpaired) electrons. The second-order valence-corrected chi connectivity index (χ2v) is 10.2. The highest BCUT2D eigenvalue weighted by Crippen LogP contribution is 2.53. The van der Waals surface area contributed by atoms with Crippen LogP contribution in [0.4, 0.5) is 0 Å². The lowest BCUT2D eigenvalue weighted by Crippen LogP contribution is -2.31. The first-order valence-electron chi connectivity index (χ1n) is 7.60. The van der Waals surface area contributed by atoms with E-state index >= 15 is 0 Å². The standard InChI is InChI=1S/C13H25BO7P2S/c1-5-9(2)20-23(17,24)21-12-10(6-7-22(15,16)19-4)8-11(14)13(12)18-3/h6-7,9-13H,5,8H2,1-4H3,(H,15,16)(H,17,24)/b7-6+/t9?,10-,11?,12+,13-,23?/m0/s1. The minimum Gasteiger partial charge on any atom is -0.379 e. The predicted octanol–water partition coefficient (Wildman–Crippen LogP) is 2.74. The van der Waals surface area contributed by atoms with E-state index in [-0.39, 0.29) is 17.8 Å². The van der Waals surface area contributed by atoms with Gasteiger partial charge in [0.15, 0.2) is 0 Å². The van der Waals surface area contributed by atoms with E-state index in [0.29, 0.717) is 12.8 Å². The van der Waals surface area contributed by atoms with E-state index < -0.39 is 26.5 Å². The number of hydrogen-bond acceptors (Lipinski definition) is 6. The highest BCUT2D eigenvalue weighted by Gasteiger charge is 2.44. The minimum atomic E-state index is -3.81. The van der Waals surface area contributed by atoms with E-state index in [1.165, 1.54) is 13.2 Å². The molecule has 24 heavy (non-hydrogen) atoms. The third-order valence-electron chi connectivity index (χ3n) is 3.91. The van der Waals surface area contributed by atoms with Crippen LogP contribution in [0.3, 0.4) is 0 Å². The fourth-order valence-corrected chi connectivity index (χ4v) is 5.00. The minimum absolute atomic E-state index is 0.253. The van der Waals surface area contributed by atoms with Crippen LogP contribution < -0.4 is 0 Å². The summed E-state index contributed by atoms with van der Waals surface area (Å²) in [4.78, 5) is 19.8. The molecule has 0 amide bonds. The molecule has 0 aliphatic heterocycles. The Morgan fingerprint density at radius 1 is 1.38 bits per heavy atom. The van der Waals surface area contributed by atoms with Crippen LogP contribution in [0.2, 0.25) is 5.82 Å². The summed E-state index contributed by atoms with van der Waals surface area (Å²) in [6, 6.07) is 0. The van der Waals surface area contributed by atoms with E-state index in [4.69, 9.17) is 33.4 Å². The van der Waals surface area contributed by atoms with E-state index in [9.17, 15) is 14.4 Å². The molecular formula is C13H25BO7P2S. The Morgan fingerprint density at radius 2 is 2.00 bits per heavy atom. The van der Waals surface area contributed by atoms with Crippen molar-refractivity contribution < 1.29 is 32.7 Å². The van der Waals surface area contributed by atoms with Gasteiger partial charge in [-0.3, -0.25) is 4.57 Å². The van der Waals surface area contributed by atoms with Crippen LogP contribution in [0, 0.1) is 5.92 Å². The molecule has 138 valence electrons. The third-order valence-corrected chi connectivity index (χ3v) is 6.64. The van der Waals surface area contributed by atoms with Gasteiger partial charge in [-0.2, -0.15) is 0 Å². The molecule has 1 aliphatic rings. The summed E-state index contributed by atoms with van der Waals surface area (Å²) in [5.74, 6) is 0.347. The fourth-order valence-electron chi connectivity index (χ4n) is 2.47. The van der Waals surface area contributed by atoms with Crippen LogP contribution in [0.1, 0.15) is 26.7 Å². The largest absolute Gasteiger partial charge is 0.379 e. The van der Waals surface area contributed by atoms with E-state index in [0.717, 1.165) is 12.9 Å². The van der Waals surface area contributed by atoms with Gasteiger partial charge in [0, 0.05) is 26.0 Å². The first-order chi connectivity index (χ1) is 11.0. The van der Waals surface area contributed by atoms with Crippen LogP contribution in [0.25, 0.3) is 0 Å². The van der Waals surface area contributed by atoms with E-state index in [2.05, 4.69) is 4.52 Å². The van der Waals surface area contributed by atoms with Gasteiger partial charge in [0.2, 0.25) is 0 Å². The Hall–Kier alpha value is 0.445. The van der Waals surface area contributed by atoms with Gasteiger partial charge in [0.05, 0.1) is 26.2 Å². The van der Waals surface area contributed by atoms with Crippen molar-refractivity contribution in [3.8, 4) is 0 Å². The SMILES string of the molecule is [B]C1C[C@H](/C=C/P(=O)(O)OC)[C@@H](OP(O)(=S)OC(C)CC)[C@H]1OC. The highest BCUT2D eigenvalue weighted by atomic mass is 32.5. The molecule has 4 unspecified atom stereocenters. The lowest BCUT2D eigenvalue weighted by Gasteiger charge is -2.29. The van der Waals surface area contributed by atoms with Crippen LogP contribution >= 0.6 is 14.3 Å². The van der Waals surface area contributed by atoms with Crippen LogP contribution in [-0.2, 0) is 34.7 Å². The molecule has 0 aromatic rings. The van der Waals surface area contributed by atoms with Crippen LogP contribution in [0.15, 0.2) is 11.9 Å². The molecule has 0 saturated heterocycles. The van der Waals surface area contributed by atoms with Gasteiger partial charge in [0.1, 0.15) is 0 Å². The Morgan fingerprint density at radius 3 is 2.50 bits per heavy atom. The van der Waals surface area contributed by atoms with Crippen molar-refractivity contribution in [3.05, 3.63) is 11.9 Å². The maximum absolute atomic E-state index is 11.6. The number of methoxy groups -OCH3 is 1. The Kier molecular flexibility index (Phi) is 8.81. The molecule has 0 heterocycles. The zero-order valence-corrected chi connectivity index (χ0v) is 16.9. The summed E-state index contributed by atoms with van der Waals surface area (Å²) in [6.45, 7) is 0.187. The average molecular weight is 398 g/mol. The Balaban J connectivity index is 2.95. The molecule has 1 fully saturated rings. The van der Waals surface area contributed by atoms with Gasteiger partial charge in [-0.15, -0.1) is 0 Å². The maximum Gasteiger partial charge on any atom is 0.351 e. The molecular weight excluding hydrogens is 373 g/mol. The van der Waals surface area contributed by atoms with Crippen molar-refractivity contribution in [2.75, 3.05) is 14.2 Å². The summed E-state index contributed by atoms with van der Waals surface area (Å²) in [5.41, 5.74) is 0. The van der Waals surface area contributed by atoms with Crippen molar-refractivity contribution in [1.29, 1.82) is 0 Å². The molecule has 2 N–H and O–H groups in total. The average Bonchev–Trinajstić information content (AvgIpc) is 2.79. The van der Waals surface area contributed by atoms with E-state index in [1.807, 2.05) is 6.92 Å². The van der Waals surface area contributed by atoms with Gasteiger partial charge in [0.25, 0.3) is 0 Å². The van der Waals surface area contributed by atoms with Crippen molar-refractivity contribution in [1.82, 2.24) is 0 Å². The highest BCUT2D eigenvalue weighted by molar-refractivity contribution is 8.07. The smallest absolute Gasteiger partial charge is 0.351 e. The van der Waals surface area contributed by atoms with Gasteiger partial charge in [-0.1, -0.05) is 13.0 Å². The molecule has 0 spiro atoms. The molecule has 0 aromatic heterocycles. The second kappa shape index (κ2) is 9.40. The molecule has 1 aliphatic carbocycles. The molecule has 7 nitrogen and oxygen atoms in total. The maximum atomic E-state index is 11.6. The molecule has 7 atom stereocenters. The predicted molar refractivity (Wildman–Crippen MR) is 96.6 cm³/mol. The third kappa shape index (κ3) is 6.63. The molecule has 11 heteroatoms. The Bertz CT molecular complexity index is 532. The fraction of sp³-hybridized carbons (Fsp3) is 0.846. The number of ether oxygens (including phenoxy) is 1. The molecule has 1 rings (SSSR count). The number of hydrogen-bond donors (Lipinski definition) is 2. The van der Waals surface area contributed by atoms with Crippen LogP contribution in [-0.4, -0.2) is 50.2 Å². The Labute approximate surface area is 149 Å². The van der Waals surface area contributed by atoms with Crippen molar-refractivity contribution in [2.24, 2.45) is 5.92 Å². The quantitative estimate of drug-likeness (QED) is 0.453. The summed E-state index contributed by atoms with van der Waals surface area (Å²) >= 11 is 5.07. The lowest BCUT2D eigenvalue weighted by molar-refractivity contribution is -0.000352. The molecule has 1 saturated carbocycles. The first kappa shape index (κ1) is 22.5. The summed E-state index contributed by atoms with van der Waals surface area (Å²) in [5, 5.41) is 0. The monoisotopic (exact) mass is 398 g/mol. The van der Waals surface area contributed by atoms with Crippen molar-refractivity contribution in [3.63, 3.8) is 0 Å². The van der Waals surface area contributed by atoms with Crippen molar-refractivity contribution in [2.45, 2.75) is 50.8 Å². The van der Waals surface area contributed by atoms with Gasteiger partial charge in [-0.25, -0.2) is 0 Å². The van der Waals surface area contributed by atoms with Crippen LogP contribution in [0.5, 0.6) is 0 Å². The lowest BCUT2D eigenvalue weighted by atomic mass is 9.83. The topological polar surface area (TPSA) is 94.5 Å².